The third-order valence-corrected chi connectivity index (χ3v) is 4.75. The average Bonchev–Trinajstić information content (AvgIpc) is 2.62. The molecule has 0 saturated carbocycles. The zero-order valence-electron chi connectivity index (χ0n) is 15.0. The quantitative estimate of drug-likeness (QED) is 0.718. The zero-order valence-corrected chi connectivity index (χ0v) is 16.6. The van der Waals surface area contributed by atoms with Gasteiger partial charge in [-0.1, -0.05) is 64.5 Å². The summed E-state index contributed by atoms with van der Waals surface area (Å²) < 4.78 is 0.950. The van der Waals surface area contributed by atoms with Crippen molar-refractivity contribution in [2.24, 2.45) is 0 Å². The Bertz CT molecular complexity index is 737. The third kappa shape index (κ3) is 6.19. The van der Waals surface area contributed by atoms with Crippen LogP contribution < -0.4 is 10.6 Å². The van der Waals surface area contributed by atoms with Gasteiger partial charge >= 0.3 is 6.03 Å². The van der Waals surface area contributed by atoms with Crippen LogP contribution >= 0.6 is 15.9 Å². The van der Waals surface area contributed by atoms with Crippen molar-refractivity contribution in [2.45, 2.75) is 25.9 Å². The number of nitrogens with one attached hydrogen (secondary N) is 2. The van der Waals surface area contributed by atoms with Gasteiger partial charge in [0.2, 0.25) is 5.91 Å². The molecule has 0 aliphatic carbocycles. The van der Waals surface area contributed by atoms with Crippen molar-refractivity contribution in [3.63, 3.8) is 0 Å². The first kappa shape index (κ1) is 20.0. The van der Waals surface area contributed by atoms with Crippen LogP contribution in [-0.4, -0.2) is 30.4 Å². The minimum atomic E-state index is -0.285. The maximum atomic E-state index is 12.2. The lowest BCUT2D eigenvalue weighted by molar-refractivity contribution is -0.130. The Morgan fingerprint density at radius 1 is 1.08 bits per heavy atom. The molecule has 1 unspecified atom stereocenters. The van der Waals surface area contributed by atoms with Crippen LogP contribution in [0.2, 0.25) is 0 Å². The first-order valence-corrected chi connectivity index (χ1v) is 9.33. The number of nitrogens with zero attached hydrogens (tertiary/aromatic N) is 1. The van der Waals surface area contributed by atoms with Gasteiger partial charge in [-0.05, 0) is 24.1 Å². The summed E-state index contributed by atoms with van der Waals surface area (Å²) >= 11 is 3.48. The van der Waals surface area contributed by atoms with E-state index in [0.29, 0.717) is 13.1 Å². The van der Waals surface area contributed by atoms with Crippen molar-refractivity contribution in [1.29, 1.82) is 0 Å². The summed E-state index contributed by atoms with van der Waals surface area (Å²) in [7, 11) is 1.77. The molecule has 0 aliphatic heterocycles. The lowest BCUT2D eigenvalue weighted by atomic mass is 10.1. The van der Waals surface area contributed by atoms with Crippen LogP contribution in [0.3, 0.4) is 0 Å². The Hall–Kier alpha value is -2.34. The van der Waals surface area contributed by atoms with Crippen LogP contribution in [0.25, 0.3) is 0 Å². The number of halogens is 1. The summed E-state index contributed by atoms with van der Waals surface area (Å²) in [6, 6.07) is 17.1. The number of carbonyl (C=O) groups excluding carboxylic acids is 2. The molecule has 6 heteroatoms. The minimum absolute atomic E-state index is 0.00648. The summed E-state index contributed by atoms with van der Waals surface area (Å²) in [5.41, 5.74) is 2.08. The number of urea groups is 1. The van der Waals surface area contributed by atoms with Gasteiger partial charge in [0, 0.05) is 31.0 Å². The fourth-order valence-electron chi connectivity index (χ4n) is 2.57. The van der Waals surface area contributed by atoms with Crippen LogP contribution in [0, 0.1) is 0 Å². The van der Waals surface area contributed by atoms with E-state index >= 15 is 0 Å². The highest BCUT2D eigenvalue weighted by Crippen LogP contribution is 2.22. The van der Waals surface area contributed by atoms with E-state index in [1.807, 2.05) is 61.5 Å². The molecule has 2 N–H and O–H groups in total. The molecule has 0 spiro atoms. The van der Waals surface area contributed by atoms with Gasteiger partial charge in [-0.25, -0.2) is 4.79 Å². The van der Waals surface area contributed by atoms with Crippen LogP contribution in [0.1, 0.15) is 30.5 Å². The molecule has 3 amide bonds. The summed E-state index contributed by atoms with van der Waals surface area (Å²) in [5, 5.41) is 5.61. The smallest absolute Gasteiger partial charge is 0.315 e. The molecule has 2 aromatic rings. The fraction of sp³-hybridized carbons (Fsp3) is 0.300. The molecule has 1 atom stereocenters. The van der Waals surface area contributed by atoms with Crippen molar-refractivity contribution in [1.82, 2.24) is 15.5 Å². The van der Waals surface area contributed by atoms with E-state index in [4.69, 9.17) is 0 Å². The fourth-order valence-corrected chi connectivity index (χ4v) is 3.20. The Labute approximate surface area is 162 Å². The predicted octanol–water partition coefficient (Wildman–Crippen LogP) is 3.86. The lowest BCUT2D eigenvalue weighted by Crippen LogP contribution is -2.39. The van der Waals surface area contributed by atoms with E-state index in [2.05, 4.69) is 26.6 Å². The molecule has 5 nitrogen and oxygen atoms in total. The van der Waals surface area contributed by atoms with E-state index in [0.717, 1.165) is 15.6 Å². The van der Waals surface area contributed by atoms with Gasteiger partial charge in [0.05, 0.1) is 6.04 Å². The van der Waals surface area contributed by atoms with Crippen molar-refractivity contribution in [2.75, 3.05) is 13.6 Å². The molecule has 0 aliphatic rings. The molecule has 26 heavy (non-hydrogen) atoms. The number of carbonyl (C=O) groups is 2. The van der Waals surface area contributed by atoms with Crippen LogP contribution in [-0.2, 0) is 11.3 Å². The van der Waals surface area contributed by atoms with Crippen molar-refractivity contribution in [3.8, 4) is 0 Å². The van der Waals surface area contributed by atoms with Gasteiger partial charge in [-0.15, -0.1) is 0 Å². The Kier molecular flexibility index (Phi) is 7.66. The van der Waals surface area contributed by atoms with Crippen LogP contribution in [0.5, 0.6) is 0 Å². The molecule has 0 aromatic heterocycles. The number of hydrogen-bond acceptors (Lipinski definition) is 2. The van der Waals surface area contributed by atoms with Crippen LogP contribution in [0.15, 0.2) is 59.1 Å². The SMILES string of the molecule is CC(NC(=O)NCCC(=O)N(C)Cc1ccccc1)c1ccccc1Br. The number of amides is 3. The van der Waals surface area contributed by atoms with Gasteiger partial charge < -0.3 is 15.5 Å². The van der Waals surface area contributed by atoms with Gasteiger partial charge in [-0.3, -0.25) is 4.79 Å². The largest absolute Gasteiger partial charge is 0.341 e. The molecule has 2 aromatic carbocycles. The second kappa shape index (κ2) is 9.97. The highest BCUT2D eigenvalue weighted by Gasteiger charge is 2.13. The van der Waals surface area contributed by atoms with E-state index in [-0.39, 0.29) is 24.4 Å². The summed E-state index contributed by atoms with van der Waals surface area (Å²) in [4.78, 5) is 25.8. The molecular weight excluding hydrogens is 394 g/mol. The predicted molar refractivity (Wildman–Crippen MR) is 107 cm³/mol. The molecule has 0 radical (unpaired) electrons. The maximum Gasteiger partial charge on any atom is 0.315 e. The summed E-state index contributed by atoms with van der Waals surface area (Å²) in [6.45, 7) is 2.77. The van der Waals surface area contributed by atoms with Crippen molar-refractivity contribution >= 4 is 27.9 Å². The van der Waals surface area contributed by atoms with Gasteiger partial charge in [0.15, 0.2) is 0 Å². The minimum Gasteiger partial charge on any atom is -0.341 e. The average molecular weight is 418 g/mol. The van der Waals surface area contributed by atoms with Gasteiger partial charge in [0.1, 0.15) is 0 Å². The van der Waals surface area contributed by atoms with E-state index < -0.39 is 0 Å². The van der Waals surface area contributed by atoms with Crippen molar-refractivity contribution < 1.29 is 9.59 Å². The Morgan fingerprint density at radius 3 is 2.42 bits per heavy atom. The van der Waals surface area contributed by atoms with Gasteiger partial charge in [-0.2, -0.15) is 0 Å². The number of benzene rings is 2. The zero-order chi connectivity index (χ0) is 18.9. The molecular formula is C20H24BrN3O2. The highest BCUT2D eigenvalue weighted by atomic mass is 79.9. The highest BCUT2D eigenvalue weighted by molar-refractivity contribution is 9.10. The monoisotopic (exact) mass is 417 g/mol. The molecule has 2 rings (SSSR count). The molecule has 0 saturated heterocycles. The first-order chi connectivity index (χ1) is 12.5. The molecule has 0 fully saturated rings. The van der Waals surface area contributed by atoms with Gasteiger partial charge in [0.25, 0.3) is 0 Å². The maximum absolute atomic E-state index is 12.2. The number of hydrogen-bond donors (Lipinski definition) is 2. The topological polar surface area (TPSA) is 61.4 Å². The third-order valence-electron chi connectivity index (χ3n) is 4.03. The second-order valence-electron chi connectivity index (χ2n) is 6.13. The van der Waals surface area contributed by atoms with Crippen molar-refractivity contribution in [3.05, 3.63) is 70.2 Å². The normalized spacial score (nSPS) is 11.5. The Balaban J connectivity index is 1.72. The van der Waals surface area contributed by atoms with E-state index in [1.165, 1.54) is 0 Å². The molecule has 138 valence electrons. The summed E-state index contributed by atoms with van der Waals surface area (Å²) in [6.07, 6.45) is 0.264. The second-order valence-corrected chi connectivity index (χ2v) is 6.98. The first-order valence-electron chi connectivity index (χ1n) is 8.54. The van der Waals surface area contributed by atoms with E-state index in [9.17, 15) is 9.59 Å². The Morgan fingerprint density at radius 2 is 1.73 bits per heavy atom. The van der Waals surface area contributed by atoms with Crippen LogP contribution in [0.4, 0.5) is 4.79 Å². The summed E-state index contributed by atoms with van der Waals surface area (Å²) in [5.74, 6) is -0.00648. The molecule has 0 heterocycles. The standard InChI is InChI=1S/C20H24BrN3O2/c1-15(17-10-6-7-11-18(17)21)23-20(26)22-13-12-19(25)24(2)14-16-8-4-3-5-9-16/h3-11,15H,12-14H2,1-2H3,(H2,22,23,26). The molecule has 0 bridgehead atoms. The lowest BCUT2D eigenvalue weighted by Gasteiger charge is -2.18. The van der Waals surface area contributed by atoms with E-state index in [1.54, 1.807) is 11.9 Å². The number of rotatable bonds is 7.